The van der Waals surface area contributed by atoms with Crippen LogP contribution in [0, 0.1) is 0 Å². The fraction of sp³-hybridized carbons (Fsp3) is 0. The lowest BCUT2D eigenvalue weighted by atomic mass is 10.0. The largest absolute Gasteiger partial charge is 0.309 e. The van der Waals surface area contributed by atoms with Crippen LogP contribution in [0.15, 0.2) is 231 Å². The van der Waals surface area contributed by atoms with Gasteiger partial charge in [-0.15, -0.1) is 0 Å². The van der Waals surface area contributed by atoms with Crippen molar-refractivity contribution < 1.29 is 0 Å². The van der Waals surface area contributed by atoms with Crippen molar-refractivity contribution in [2.24, 2.45) is 0 Å². The molecule has 0 aliphatic heterocycles. The molecule has 3 heterocycles. The summed E-state index contributed by atoms with van der Waals surface area (Å²) in [7, 11) is 0. The van der Waals surface area contributed by atoms with Crippen LogP contribution < -0.4 is 0 Å². The van der Waals surface area contributed by atoms with E-state index in [1.165, 1.54) is 38.2 Å². The first-order chi connectivity index (χ1) is 30.8. The number of hydrogen-bond acceptors (Lipinski definition) is 2. The lowest BCUT2D eigenvalue weighted by molar-refractivity contribution is 1.15. The Morgan fingerprint density at radius 1 is 0.306 bits per heavy atom. The second-order valence-electron chi connectivity index (χ2n) is 15.8. The molecule has 0 radical (unpaired) electrons. The van der Waals surface area contributed by atoms with E-state index in [4.69, 9.17) is 9.97 Å². The van der Waals surface area contributed by atoms with Crippen LogP contribution in [0.3, 0.4) is 0 Å². The van der Waals surface area contributed by atoms with Crippen LogP contribution in [-0.4, -0.2) is 19.1 Å². The number of benzene rings is 9. The van der Waals surface area contributed by atoms with Gasteiger partial charge in [-0.05, 0) is 70.8 Å². The molecule has 62 heavy (non-hydrogen) atoms. The van der Waals surface area contributed by atoms with Gasteiger partial charge in [-0.1, -0.05) is 182 Å². The highest BCUT2D eigenvalue weighted by Gasteiger charge is 2.23. The van der Waals surface area contributed by atoms with Crippen LogP contribution in [0.1, 0.15) is 0 Å². The van der Waals surface area contributed by atoms with Crippen molar-refractivity contribution in [2.75, 3.05) is 0 Å². The molecule has 0 spiro atoms. The highest BCUT2D eigenvalue weighted by Crippen LogP contribution is 2.44. The molecule has 0 bridgehead atoms. The van der Waals surface area contributed by atoms with E-state index in [-0.39, 0.29) is 0 Å². The van der Waals surface area contributed by atoms with Crippen molar-refractivity contribution in [3.63, 3.8) is 0 Å². The van der Waals surface area contributed by atoms with Gasteiger partial charge in [-0.3, -0.25) is 0 Å². The van der Waals surface area contributed by atoms with E-state index in [0.717, 1.165) is 67.1 Å². The van der Waals surface area contributed by atoms with E-state index in [1.54, 1.807) is 0 Å². The van der Waals surface area contributed by atoms with Crippen molar-refractivity contribution >= 4 is 43.6 Å². The molecule has 0 unspecified atom stereocenters. The maximum atomic E-state index is 5.43. The van der Waals surface area contributed by atoms with Crippen LogP contribution >= 0.6 is 0 Å². The fourth-order valence-corrected chi connectivity index (χ4v) is 9.32. The number of nitrogens with zero attached hydrogens (tertiary/aromatic N) is 4. The Balaban J connectivity index is 1.12. The topological polar surface area (TPSA) is 35.6 Å². The zero-order valence-corrected chi connectivity index (χ0v) is 33.7. The zero-order valence-electron chi connectivity index (χ0n) is 33.7. The summed E-state index contributed by atoms with van der Waals surface area (Å²) >= 11 is 0. The molecule has 0 N–H and O–H groups in total. The second-order valence-corrected chi connectivity index (χ2v) is 15.8. The van der Waals surface area contributed by atoms with Gasteiger partial charge in [0, 0.05) is 43.9 Å². The monoisotopic (exact) mass is 790 g/mol. The van der Waals surface area contributed by atoms with Crippen LogP contribution in [0.5, 0.6) is 0 Å². The molecule has 0 atom stereocenters. The maximum absolute atomic E-state index is 5.43. The Morgan fingerprint density at radius 2 is 0.855 bits per heavy atom. The van der Waals surface area contributed by atoms with Gasteiger partial charge >= 0.3 is 0 Å². The Morgan fingerprint density at radius 3 is 1.60 bits per heavy atom. The molecule has 9 aromatic carbocycles. The molecule has 3 aromatic heterocycles. The number of aromatic nitrogens is 4. The van der Waals surface area contributed by atoms with Crippen molar-refractivity contribution in [3.8, 4) is 67.5 Å². The number of hydrogen-bond donors (Lipinski definition) is 0. The van der Waals surface area contributed by atoms with Gasteiger partial charge in [-0.25, -0.2) is 9.97 Å². The molecule has 0 fully saturated rings. The molecule has 4 heteroatoms. The van der Waals surface area contributed by atoms with Gasteiger partial charge < -0.3 is 9.13 Å². The molecule has 290 valence electrons. The lowest BCUT2D eigenvalue weighted by Crippen LogP contribution is -2.01. The summed E-state index contributed by atoms with van der Waals surface area (Å²) in [5, 5.41) is 4.82. The van der Waals surface area contributed by atoms with E-state index in [0.29, 0.717) is 5.82 Å². The second kappa shape index (κ2) is 14.7. The minimum Gasteiger partial charge on any atom is -0.309 e. The Kier molecular flexibility index (Phi) is 8.46. The average molecular weight is 791 g/mol. The fourth-order valence-electron chi connectivity index (χ4n) is 9.32. The van der Waals surface area contributed by atoms with E-state index in [1.807, 2.05) is 6.07 Å². The predicted molar refractivity (Wildman–Crippen MR) is 258 cm³/mol. The van der Waals surface area contributed by atoms with Crippen LogP contribution in [0.2, 0.25) is 0 Å². The van der Waals surface area contributed by atoms with Crippen LogP contribution in [0.25, 0.3) is 111 Å². The minimum atomic E-state index is 0.680. The summed E-state index contributed by atoms with van der Waals surface area (Å²) in [6.07, 6.45) is 0. The SMILES string of the molecule is c1ccc(-c2cccc(-c3nc(-c4ccccc4)cc(-c4ccccc4-n4c5ccccc5c5ccc6c(c7ccccc7n6-c6cccc(-c7ccccc7)c6)c54)n3)c2)cc1. The van der Waals surface area contributed by atoms with Crippen molar-refractivity contribution in [1.29, 1.82) is 0 Å². The molecule has 0 aliphatic rings. The zero-order chi connectivity index (χ0) is 41.0. The van der Waals surface area contributed by atoms with Gasteiger partial charge in [0.15, 0.2) is 5.82 Å². The molecule has 0 saturated heterocycles. The molecular weight excluding hydrogens is 753 g/mol. The highest BCUT2D eigenvalue weighted by atomic mass is 15.0. The summed E-state index contributed by atoms with van der Waals surface area (Å²) in [5.74, 6) is 0.680. The average Bonchev–Trinajstić information content (AvgIpc) is 3.88. The first kappa shape index (κ1) is 35.6. The van der Waals surface area contributed by atoms with Crippen molar-refractivity contribution in [2.45, 2.75) is 0 Å². The summed E-state index contributed by atoms with van der Waals surface area (Å²) in [6.45, 7) is 0. The number of rotatable bonds is 7. The van der Waals surface area contributed by atoms with Gasteiger partial charge in [0.1, 0.15) is 0 Å². The van der Waals surface area contributed by atoms with Crippen molar-refractivity contribution in [3.05, 3.63) is 231 Å². The molecule has 0 aliphatic carbocycles. The standard InChI is InChI=1S/C58H38N4/c1-4-18-39(19-5-1)42-24-16-26-44(36-42)58-59-50(41-22-8-3-9-23-41)38-51(60-58)48-29-11-14-32-53(48)62-52-31-13-10-28-46(52)47-34-35-55-56(57(47)62)49-30-12-15-33-54(49)61(55)45-27-17-25-43(37-45)40-20-6-2-7-21-40/h1-38H. The van der Waals surface area contributed by atoms with E-state index in [2.05, 4.69) is 234 Å². The quantitative estimate of drug-likeness (QED) is 0.161. The third-order valence-corrected chi connectivity index (χ3v) is 12.1. The molecular formula is C58H38N4. The Labute approximate surface area is 359 Å². The molecule has 4 nitrogen and oxygen atoms in total. The van der Waals surface area contributed by atoms with Gasteiger partial charge in [0.05, 0.1) is 39.1 Å². The van der Waals surface area contributed by atoms with Crippen LogP contribution in [-0.2, 0) is 0 Å². The summed E-state index contributed by atoms with van der Waals surface area (Å²) < 4.78 is 4.90. The third-order valence-electron chi connectivity index (χ3n) is 12.1. The maximum Gasteiger partial charge on any atom is 0.160 e. The normalized spacial score (nSPS) is 11.5. The minimum absolute atomic E-state index is 0.680. The van der Waals surface area contributed by atoms with E-state index >= 15 is 0 Å². The first-order valence-electron chi connectivity index (χ1n) is 21.1. The molecule has 0 saturated carbocycles. The number of para-hydroxylation sites is 3. The smallest absolute Gasteiger partial charge is 0.160 e. The third kappa shape index (κ3) is 5.92. The Bertz CT molecular complexity index is 3620. The Hall–Kier alpha value is -8.34. The van der Waals surface area contributed by atoms with Gasteiger partial charge in [0.25, 0.3) is 0 Å². The first-order valence-corrected chi connectivity index (χ1v) is 21.1. The predicted octanol–water partition coefficient (Wildman–Crippen LogP) is 15.0. The van der Waals surface area contributed by atoms with E-state index < -0.39 is 0 Å². The van der Waals surface area contributed by atoms with E-state index in [9.17, 15) is 0 Å². The molecule has 12 rings (SSSR count). The van der Waals surface area contributed by atoms with Crippen molar-refractivity contribution in [1.82, 2.24) is 19.1 Å². The molecule has 0 amide bonds. The van der Waals surface area contributed by atoms with Crippen LogP contribution in [0.4, 0.5) is 0 Å². The summed E-state index contributed by atoms with van der Waals surface area (Å²) in [4.78, 5) is 10.7. The highest BCUT2D eigenvalue weighted by molar-refractivity contribution is 6.26. The summed E-state index contributed by atoms with van der Waals surface area (Å²) in [5.41, 5.74) is 16.2. The summed E-state index contributed by atoms with van der Waals surface area (Å²) in [6, 6.07) is 82.1. The lowest BCUT2D eigenvalue weighted by Gasteiger charge is -2.16. The van der Waals surface area contributed by atoms with Gasteiger partial charge in [-0.2, -0.15) is 0 Å². The van der Waals surface area contributed by atoms with Gasteiger partial charge in [0.2, 0.25) is 0 Å². The molecule has 12 aromatic rings. The number of fused-ring (bicyclic) bond motifs is 7.